The van der Waals surface area contributed by atoms with Gasteiger partial charge in [-0.2, -0.15) is 0 Å². The summed E-state index contributed by atoms with van der Waals surface area (Å²) in [4.78, 5) is 12.3. The maximum absolute atomic E-state index is 11.2. The Morgan fingerprint density at radius 1 is 1.56 bits per heavy atom. The summed E-state index contributed by atoms with van der Waals surface area (Å²) in [5.41, 5.74) is 2.11. The van der Waals surface area contributed by atoms with Crippen molar-refractivity contribution in [1.29, 1.82) is 0 Å². The molecule has 0 radical (unpaired) electrons. The molecule has 1 aliphatic rings. The smallest absolute Gasteiger partial charge is 0.325 e. The van der Waals surface area contributed by atoms with E-state index >= 15 is 0 Å². The van der Waals surface area contributed by atoms with Crippen molar-refractivity contribution in [1.82, 2.24) is 5.32 Å². The van der Waals surface area contributed by atoms with Gasteiger partial charge in [-0.3, -0.25) is 4.79 Å². The van der Waals surface area contributed by atoms with Gasteiger partial charge in [-0.1, -0.05) is 19.1 Å². The van der Waals surface area contributed by atoms with Gasteiger partial charge in [0, 0.05) is 11.4 Å². The highest BCUT2D eigenvalue weighted by Crippen LogP contribution is 2.36. The Kier molecular flexibility index (Phi) is 3.21. The van der Waals surface area contributed by atoms with Crippen molar-refractivity contribution in [2.24, 2.45) is 0 Å². The number of hydrogen-bond acceptors (Lipinski definition) is 3. The Morgan fingerprint density at radius 2 is 2.31 bits per heavy atom. The maximum atomic E-state index is 11.2. The molecule has 1 aliphatic heterocycles. The minimum absolute atomic E-state index is 0.370. The molecule has 1 aromatic carbocycles. The largest absolute Gasteiger partial charge is 0.480 e. The molecule has 86 valence electrons. The molecule has 1 heterocycles. The number of carboxylic acids is 1. The van der Waals surface area contributed by atoms with E-state index < -0.39 is 12.0 Å². The lowest BCUT2D eigenvalue weighted by atomic mass is 9.87. The first-order valence-electron chi connectivity index (χ1n) is 5.28. The summed E-state index contributed by atoms with van der Waals surface area (Å²) in [5, 5.41) is 12.2. The van der Waals surface area contributed by atoms with Crippen LogP contribution < -0.4 is 5.32 Å². The summed E-state index contributed by atoms with van der Waals surface area (Å²) < 4.78 is 0. The molecule has 0 aliphatic carbocycles. The molecular weight excluding hydrogens is 222 g/mol. The quantitative estimate of drug-likeness (QED) is 0.774. The van der Waals surface area contributed by atoms with Gasteiger partial charge < -0.3 is 10.4 Å². The standard InChI is InChI=1S/C12H15NO2S/c1-7-6-13-11(12(14)15)8-4-3-5-9(16-2)10(7)8/h3-5,7,11,13H,6H2,1-2H3,(H,14,15). The molecule has 2 rings (SSSR count). The summed E-state index contributed by atoms with van der Waals surface area (Å²) in [6, 6.07) is 5.35. The predicted octanol–water partition coefficient (Wildman–Crippen LogP) is 2.24. The minimum Gasteiger partial charge on any atom is -0.480 e. The van der Waals surface area contributed by atoms with E-state index in [2.05, 4.69) is 18.3 Å². The number of carbonyl (C=O) groups is 1. The number of hydrogen-bond donors (Lipinski definition) is 2. The number of benzene rings is 1. The Labute approximate surface area is 99.2 Å². The highest BCUT2D eigenvalue weighted by Gasteiger charge is 2.30. The van der Waals surface area contributed by atoms with Crippen LogP contribution in [0.2, 0.25) is 0 Å². The van der Waals surface area contributed by atoms with Crippen molar-refractivity contribution in [2.45, 2.75) is 23.8 Å². The van der Waals surface area contributed by atoms with E-state index in [-0.39, 0.29) is 0 Å². The van der Waals surface area contributed by atoms with Crippen LogP contribution in [-0.2, 0) is 4.79 Å². The zero-order valence-electron chi connectivity index (χ0n) is 9.36. The fourth-order valence-electron chi connectivity index (χ4n) is 2.25. The molecule has 2 atom stereocenters. The average Bonchev–Trinajstić information content (AvgIpc) is 2.28. The molecule has 1 aromatic rings. The number of nitrogens with one attached hydrogen (secondary N) is 1. The monoisotopic (exact) mass is 237 g/mol. The zero-order valence-corrected chi connectivity index (χ0v) is 10.2. The Bertz CT molecular complexity index is 419. The van der Waals surface area contributed by atoms with Gasteiger partial charge in [0.15, 0.2) is 0 Å². The lowest BCUT2D eigenvalue weighted by Gasteiger charge is -2.30. The molecule has 2 N–H and O–H groups in total. The molecule has 2 unspecified atom stereocenters. The molecule has 0 bridgehead atoms. The lowest BCUT2D eigenvalue weighted by Crippen LogP contribution is -2.36. The third-order valence-corrected chi connectivity index (χ3v) is 3.79. The van der Waals surface area contributed by atoms with Crippen LogP contribution in [0.5, 0.6) is 0 Å². The zero-order chi connectivity index (χ0) is 11.7. The average molecular weight is 237 g/mol. The fourth-order valence-corrected chi connectivity index (χ4v) is 3.00. The van der Waals surface area contributed by atoms with Gasteiger partial charge in [0.2, 0.25) is 0 Å². The number of fused-ring (bicyclic) bond motifs is 1. The summed E-state index contributed by atoms with van der Waals surface area (Å²) in [5.74, 6) is -0.430. The number of aliphatic carboxylic acids is 1. The SMILES string of the molecule is CSc1cccc2c1C(C)CNC2C(=O)O. The van der Waals surface area contributed by atoms with Crippen LogP contribution in [0, 0.1) is 0 Å². The van der Waals surface area contributed by atoms with Crippen LogP contribution in [0.25, 0.3) is 0 Å². The molecule has 16 heavy (non-hydrogen) atoms. The predicted molar refractivity (Wildman–Crippen MR) is 65.0 cm³/mol. The second-order valence-electron chi connectivity index (χ2n) is 4.04. The van der Waals surface area contributed by atoms with Crippen LogP contribution in [0.3, 0.4) is 0 Å². The summed E-state index contributed by atoms with van der Waals surface area (Å²) in [6.45, 7) is 2.85. The van der Waals surface area contributed by atoms with Gasteiger partial charge in [0.25, 0.3) is 0 Å². The minimum atomic E-state index is -0.800. The second-order valence-corrected chi connectivity index (χ2v) is 4.89. The van der Waals surface area contributed by atoms with Crippen molar-refractivity contribution in [3.05, 3.63) is 29.3 Å². The van der Waals surface area contributed by atoms with E-state index in [0.29, 0.717) is 5.92 Å². The summed E-state index contributed by atoms with van der Waals surface area (Å²) in [6.07, 6.45) is 2.03. The molecule has 0 saturated heterocycles. The third-order valence-electron chi connectivity index (χ3n) is 3.00. The topological polar surface area (TPSA) is 49.3 Å². The first-order chi connectivity index (χ1) is 7.65. The van der Waals surface area contributed by atoms with E-state index in [9.17, 15) is 4.79 Å². The van der Waals surface area contributed by atoms with E-state index in [1.54, 1.807) is 11.8 Å². The molecule has 0 spiro atoms. The van der Waals surface area contributed by atoms with Crippen molar-refractivity contribution in [2.75, 3.05) is 12.8 Å². The Morgan fingerprint density at radius 3 is 2.94 bits per heavy atom. The molecule has 0 amide bonds. The van der Waals surface area contributed by atoms with Gasteiger partial charge >= 0.3 is 5.97 Å². The number of thioether (sulfide) groups is 1. The molecule has 0 aromatic heterocycles. The van der Waals surface area contributed by atoms with Crippen LogP contribution in [0.1, 0.15) is 30.0 Å². The van der Waals surface area contributed by atoms with E-state index in [1.165, 1.54) is 10.5 Å². The number of rotatable bonds is 2. The van der Waals surface area contributed by atoms with Crippen molar-refractivity contribution in [3.63, 3.8) is 0 Å². The van der Waals surface area contributed by atoms with Crippen molar-refractivity contribution in [3.8, 4) is 0 Å². The Hall–Kier alpha value is -1.00. The normalized spacial score (nSPS) is 23.9. The van der Waals surface area contributed by atoms with Crippen molar-refractivity contribution < 1.29 is 9.90 Å². The Balaban J connectivity index is 2.55. The highest BCUT2D eigenvalue weighted by atomic mass is 32.2. The van der Waals surface area contributed by atoms with Gasteiger partial charge in [-0.05, 0) is 29.4 Å². The highest BCUT2D eigenvalue weighted by molar-refractivity contribution is 7.98. The van der Waals surface area contributed by atoms with E-state index in [0.717, 1.165) is 12.1 Å². The number of carboxylic acid groups (broad SMARTS) is 1. The van der Waals surface area contributed by atoms with Gasteiger partial charge in [-0.25, -0.2) is 0 Å². The fraction of sp³-hybridized carbons (Fsp3) is 0.417. The first-order valence-corrected chi connectivity index (χ1v) is 6.50. The van der Waals surface area contributed by atoms with Crippen LogP contribution in [0.4, 0.5) is 0 Å². The molecule has 0 fully saturated rings. The van der Waals surface area contributed by atoms with Gasteiger partial charge in [-0.15, -0.1) is 11.8 Å². The van der Waals surface area contributed by atoms with Crippen LogP contribution in [-0.4, -0.2) is 23.9 Å². The summed E-state index contributed by atoms with van der Waals surface area (Å²) >= 11 is 1.68. The third kappa shape index (κ3) is 1.83. The van der Waals surface area contributed by atoms with E-state index in [1.807, 2.05) is 18.4 Å². The molecule has 4 heteroatoms. The van der Waals surface area contributed by atoms with Gasteiger partial charge in [0.05, 0.1) is 0 Å². The van der Waals surface area contributed by atoms with E-state index in [4.69, 9.17) is 5.11 Å². The van der Waals surface area contributed by atoms with Crippen molar-refractivity contribution >= 4 is 17.7 Å². The summed E-state index contributed by atoms with van der Waals surface area (Å²) in [7, 11) is 0. The van der Waals surface area contributed by atoms with Gasteiger partial charge in [0.1, 0.15) is 6.04 Å². The van der Waals surface area contributed by atoms with Crippen LogP contribution >= 0.6 is 11.8 Å². The molecule has 0 saturated carbocycles. The maximum Gasteiger partial charge on any atom is 0.325 e. The lowest BCUT2D eigenvalue weighted by molar-refractivity contribution is -0.139. The van der Waals surface area contributed by atoms with Crippen LogP contribution in [0.15, 0.2) is 23.1 Å². The molecular formula is C12H15NO2S. The second kappa shape index (κ2) is 4.47. The first kappa shape index (κ1) is 11.5. The molecule has 3 nitrogen and oxygen atoms in total.